The average Bonchev–Trinajstić information content (AvgIpc) is 2.72. The van der Waals surface area contributed by atoms with Crippen LogP contribution in [0.15, 0.2) is 18.2 Å². The minimum Gasteiger partial charge on any atom is -0.338 e. The first-order valence-electron chi connectivity index (χ1n) is 6.07. The fourth-order valence-electron chi connectivity index (χ4n) is 2.04. The molecule has 20 heavy (non-hydrogen) atoms. The molecule has 5 nitrogen and oxygen atoms in total. The van der Waals surface area contributed by atoms with Crippen LogP contribution < -0.4 is 10.6 Å². The fraction of sp³-hybridized carbons (Fsp3) is 0.417. The molecule has 1 aliphatic rings. The van der Waals surface area contributed by atoms with Gasteiger partial charge in [0.05, 0.1) is 27.2 Å². The number of carbonyl (C=O) groups is 1. The number of rotatable bonds is 3. The van der Waals surface area contributed by atoms with Crippen molar-refractivity contribution in [3.8, 4) is 0 Å². The highest BCUT2D eigenvalue weighted by atomic mass is 35.5. The number of halogens is 2. The van der Waals surface area contributed by atoms with Gasteiger partial charge in [-0.3, -0.25) is 0 Å². The second kappa shape index (κ2) is 6.20. The maximum atomic E-state index is 11.7. The Balaban J connectivity index is 1.86. The number of hydrogen-bond acceptors (Lipinski definition) is 3. The molecular formula is C12H14Cl2N2O3S. The van der Waals surface area contributed by atoms with E-state index in [1.54, 1.807) is 18.2 Å². The van der Waals surface area contributed by atoms with Gasteiger partial charge in [-0.1, -0.05) is 29.3 Å². The van der Waals surface area contributed by atoms with Gasteiger partial charge in [-0.15, -0.1) is 0 Å². The van der Waals surface area contributed by atoms with Gasteiger partial charge in [0.2, 0.25) is 0 Å². The molecule has 0 saturated carbocycles. The van der Waals surface area contributed by atoms with E-state index in [2.05, 4.69) is 10.6 Å². The summed E-state index contributed by atoms with van der Waals surface area (Å²) in [6, 6.07) is 4.50. The third-order valence-corrected chi connectivity index (χ3v) is 5.73. The number of benzene rings is 1. The zero-order valence-electron chi connectivity index (χ0n) is 10.5. The van der Waals surface area contributed by atoms with Crippen molar-refractivity contribution in [2.45, 2.75) is 6.42 Å². The third kappa shape index (κ3) is 4.01. The molecule has 0 aliphatic carbocycles. The Labute approximate surface area is 127 Å². The van der Waals surface area contributed by atoms with Gasteiger partial charge in [0.15, 0.2) is 9.84 Å². The number of sulfone groups is 1. The minimum absolute atomic E-state index is 0.0272. The third-order valence-electron chi connectivity index (χ3n) is 3.08. The number of amides is 2. The second-order valence-electron chi connectivity index (χ2n) is 4.71. The van der Waals surface area contributed by atoms with Gasteiger partial charge < -0.3 is 10.6 Å². The fourth-order valence-corrected chi connectivity index (χ4v) is 4.25. The molecule has 0 aromatic heterocycles. The van der Waals surface area contributed by atoms with E-state index in [-0.39, 0.29) is 22.4 Å². The summed E-state index contributed by atoms with van der Waals surface area (Å²) in [6.45, 7) is 0.323. The van der Waals surface area contributed by atoms with Gasteiger partial charge in [-0.05, 0) is 24.5 Å². The van der Waals surface area contributed by atoms with Gasteiger partial charge >= 0.3 is 6.03 Å². The van der Waals surface area contributed by atoms with Crippen molar-refractivity contribution in [2.24, 2.45) is 5.92 Å². The molecule has 0 bridgehead atoms. The maximum Gasteiger partial charge on any atom is 0.319 e. The maximum absolute atomic E-state index is 11.7. The lowest BCUT2D eigenvalue weighted by atomic mass is 10.1. The van der Waals surface area contributed by atoms with Crippen molar-refractivity contribution in [3.63, 3.8) is 0 Å². The molecular weight excluding hydrogens is 323 g/mol. The molecule has 8 heteroatoms. The van der Waals surface area contributed by atoms with E-state index in [1.165, 1.54) is 0 Å². The van der Waals surface area contributed by atoms with Crippen molar-refractivity contribution in [2.75, 3.05) is 23.4 Å². The van der Waals surface area contributed by atoms with Crippen LogP contribution in [0.3, 0.4) is 0 Å². The van der Waals surface area contributed by atoms with Crippen LogP contribution in [0.4, 0.5) is 10.5 Å². The zero-order valence-corrected chi connectivity index (χ0v) is 12.9. The summed E-state index contributed by atoms with van der Waals surface area (Å²) < 4.78 is 22.6. The highest BCUT2D eigenvalue weighted by molar-refractivity contribution is 7.91. The Morgan fingerprint density at radius 1 is 1.35 bits per heavy atom. The van der Waals surface area contributed by atoms with Crippen LogP contribution in [0, 0.1) is 5.92 Å². The quantitative estimate of drug-likeness (QED) is 0.890. The first kappa shape index (κ1) is 15.4. The number of carbonyl (C=O) groups excluding carboxylic acids is 1. The summed E-state index contributed by atoms with van der Waals surface area (Å²) in [4.78, 5) is 11.7. The molecule has 1 heterocycles. The van der Waals surface area contributed by atoms with Crippen LogP contribution >= 0.6 is 23.2 Å². The lowest BCUT2D eigenvalue weighted by molar-refractivity contribution is 0.250. The predicted molar refractivity (Wildman–Crippen MR) is 80.2 cm³/mol. The van der Waals surface area contributed by atoms with Crippen LogP contribution in [-0.4, -0.2) is 32.5 Å². The highest BCUT2D eigenvalue weighted by Gasteiger charge is 2.27. The molecule has 2 N–H and O–H groups in total. The van der Waals surface area contributed by atoms with Gasteiger partial charge in [0.25, 0.3) is 0 Å². The summed E-state index contributed by atoms with van der Waals surface area (Å²) in [6.07, 6.45) is 0.584. The molecule has 2 rings (SSSR count). The minimum atomic E-state index is -2.92. The lowest BCUT2D eigenvalue weighted by Gasteiger charge is -2.12. The topological polar surface area (TPSA) is 75.3 Å². The van der Waals surface area contributed by atoms with Crippen LogP contribution in [0.2, 0.25) is 10.0 Å². The zero-order chi connectivity index (χ0) is 14.8. The van der Waals surface area contributed by atoms with E-state index >= 15 is 0 Å². The molecule has 1 saturated heterocycles. The van der Waals surface area contributed by atoms with Crippen LogP contribution in [-0.2, 0) is 9.84 Å². The first-order valence-corrected chi connectivity index (χ1v) is 8.64. The van der Waals surface area contributed by atoms with Crippen LogP contribution in [0.25, 0.3) is 0 Å². The monoisotopic (exact) mass is 336 g/mol. The second-order valence-corrected chi connectivity index (χ2v) is 7.72. The Hall–Kier alpha value is -0.980. The number of anilines is 1. The summed E-state index contributed by atoms with van der Waals surface area (Å²) in [5.41, 5.74) is 0.413. The Kier molecular flexibility index (Phi) is 4.78. The van der Waals surface area contributed by atoms with Crippen molar-refractivity contribution < 1.29 is 13.2 Å². The molecule has 1 atom stereocenters. The largest absolute Gasteiger partial charge is 0.338 e. The molecule has 0 radical (unpaired) electrons. The van der Waals surface area contributed by atoms with Crippen molar-refractivity contribution in [1.29, 1.82) is 0 Å². The number of nitrogens with one attached hydrogen (secondary N) is 2. The van der Waals surface area contributed by atoms with Crippen molar-refractivity contribution in [1.82, 2.24) is 5.32 Å². The predicted octanol–water partition coefficient (Wildman–Crippen LogP) is 2.55. The van der Waals surface area contributed by atoms with Gasteiger partial charge in [-0.25, -0.2) is 13.2 Å². The van der Waals surface area contributed by atoms with E-state index in [0.29, 0.717) is 23.7 Å². The Bertz CT molecular complexity index is 619. The SMILES string of the molecule is O=C(NCC1CCS(=O)(=O)C1)Nc1cccc(Cl)c1Cl. The molecule has 1 aromatic rings. The Morgan fingerprint density at radius 2 is 2.10 bits per heavy atom. The molecule has 1 fully saturated rings. The van der Waals surface area contributed by atoms with Gasteiger partial charge in [0.1, 0.15) is 0 Å². The lowest BCUT2D eigenvalue weighted by Crippen LogP contribution is -2.33. The Morgan fingerprint density at radius 3 is 2.75 bits per heavy atom. The highest BCUT2D eigenvalue weighted by Crippen LogP contribution is 2.29. The van der Waals surface area contributed by atoms with Crippen LogP contribution in [0.5, 0.6) is 0 Å². The smallest absolute Gasteiger partial charge is 0.319 e. The van der Waals surface area contributed by atoms with Crippen LogP contribution in [0.1, 0.15) is 6.42 Å². The standard InChI is InChI=1S/C12H14Cl2N2O3S/c13-9-2-1-3-10(11(9)14)16-12(17)15-6-8-4-5-20(18,19)7-8/h1-3,8H,4-7H2,(H2,15,16,17). The molecule has 2 amide bonds. The van der Waals surface area contributed by atoms with Gasteiger partial charge in [0, 0.05) is 6.54 Å². The molecule has 1 aliphatic heterocycles. The van der Waals surface area contributed by atoms with E-state index in [4.69, 9.17) is 23.2 Å². The number of urea groups is 1. The first-order chi connectivity index (χ1) is 9.37. The van der Waals surface area contributed by atoms with E-state index in [9.17, 15) is 13.2 Å². The number of hydrogen-bond donors (Lipinski definition) is 2. The van der Waals surface area contributed by atoms with Crippen molar-refractivity contribution >= 4 is 44.8 Å². The summed E-state index contributed by atoms with van der Waals surface area (Å²) in [5.74, 6) is 0.298. The molecule has 1 unspecified atom stereocenters. The molecule has 1 aromatic carbocycles. The summed E-state index contributed by atoms with van der Waals surface area (Å²) in [5, 5.41) is 5.85. The average molecular weight is 337 g/mol. The summed E-state index contributed by atoms with van der Waals surface area (Å²) >= 11 is 11.8. The normalized spacial score (nSPS) is 20.6. The molecule has 110 valence electrons. The van der Waals surface area contributed by atoms with E-state index in [1.807, 2.05) is 0 Å². The molecule has 0 spiro atoms. The van der Waals surface area contributed by atoms with E-state index in [0.717, 1.165) is 0 Å². The van der Waals surface area contributed by atoms with E-state index < -0.39 is 15.9 Å². The summed E-state index contributed by atoms with van der Waals surface area (Å²) in [7, 11) is -2.92. The van der Waals surface area contributed by atoms with Crippen molar-refractivity contribution in [3.05, 3.63) is 28.2 Å². The van der Waals surface area contributed by atoms with Gasteiger partial charge in [-0.2, -0.15) is 0 Å².